The number of hydrogen-bond acceptors (Lipinski definition) is 8. The number of para-hydroxylation sites is 1. The summed E-state index contributed by atoms with van der Waals surface area (Å²) in [4.78, 5) is 24.3. The minimum Gasteiger partial charge on any atom is -0.494 e. The monoisotopic (exact) mass is 517 g/mol. The third kappa shape index (κ3) is 4.47. The fourth-order valence-corrected chi connectivity index (χ4v) is 5.48. The molecule has 3 fully saturated rings. The molecule has 2 amide bonds. The Labute approximate surface area is 220 Å². The standard InChI is InChI=1S/C27H31N7O4/c1-37-24-18(17-14-29-34(15-17)21-9-11-27(21)10-2-3-12-38-27)5-4-6-19(24)30-20-13-22(31-26(36)16-7-8-16)32-33-23(20)25(28)35/h4-6,13-16,21H,2-3,7-12H2,1H3,(H2,28,35)(H2,30,31,32,36)/t21?,27-/m1/s1. The fourth-order valence-electron chi connectivity index (χ4n) is 5.48. The van der Waals surface area contributed by atoms with Crippen LogP contribution in [-0.2, 0) is 9.53 Å². The second-order valence-electron chi connectivity index (χ2n) is 10.3. The number of anilines is 3. The van der Waals surface area contributed by atoms with Gasteiger partial charge >= 0.3 is 0 Å². The lowest BCUT2D eigenvalue weighted by Crippen LogP contribution is -2.52. The number of primary amides is 1. The van der Waals surface area contributed by atoms with Crippen LogP contribution in [0.5, 0.6) is 5.75 Å². The van der Waals surface area contributed by atoms with Gasteiger partial charge in [-0.15, -0.1) is 10.2 Å². The highest BCUT2D eigenvalue weighted by Gasteiger charge is 2.50. The van der Waals surface area contributed by atoms with E-state index < -0.39 is 5.91 Å². The van der Waals surface area contributed by atoms with Gasteiger partial charge in [0.2, 0.25) is 5.91 Å². The molecule has 0 bridgehead atoms. The molecule has 3 aromatic rings. The minimum absolute atomic E-state index is 0.00112. The van der Waals surface area contributed by atoms with E-state index in [9.17, 15) is 9.59 Å². The van der Waals surface area contributed by atoms with E-state index in [1.165, 1.54) is 6.42 Å². The average molecular weight is 518 g/mol. The van der Waals surface area contributed by atoms with Gasteiger partial charge in [-0.1, -0.05) is 12.1 Å². The Morgan fingerprint density at radius 2 is 2.03 bits per heavy atom. The molecule has 198 valence electrons. The van der Waals surface area contributed by atoms with Crippen LogP contribution >= 0.6 is 0 Å². The van der Waals surface area contributed by atoms with Crippen molar-refractivity contribution in [2.45, 2.75) is 56.6 Å². The highest BCUT2D eigenvalue weighted by Crippen LogP contribution is 2.50. The van der Waals surface area contributed by atoms with Crippen LogP contribution in [0, 0.1) is 5.92 Å². The Balaban J connectivity index is 1.29. The first-order chi connectivity index (χ1) is 18.5. The van der Waals surface area contributed by atoms with Gasteiger partial charge in [0.05, 0.1) is 36.3 Å². The number of amides is 2. The Bertz CT molecular complexity index is 1380. The molecule has 3 heterocycles. The molecule has 2 saturated carbocycles. The maximum atomic E-state index is 12.2. The van der Waals surface area contributed by atoms with Gasteiger partial charge in [0.1, 0.15) is 5.75 Å². The van der Waals surface area contributed by atoms with Crippen LogP contribution in [0.2, 0.25) is 0 Å². The van der Waals surface area contributed by atoms with Crippen molar-refractivity contribution in [2.75, 3.05) is 24.4 Å². The molecule has 2 atom stereocenters. The third-order valence-electron chi connectivity index (χ3n) is 7.78. The zero-order chi connectivity index (χ0) is 26.3. The quantitative estimate of drug-likeness (QED) is 0.409. The van der Waals surface area contributed by atoms with Crippen molar-refractivity contribution in [3.63, 3.8) is 0 Å². The van der Waals surface area contributed by atoms with Crippen LogP contribution in [0.1, 0.15) is 61.5 Å². The number of carbonyl (C=O) groups excluding carboxylic acids is 2. The number of hydrogen-bond donors (Lipinski definition) is 3. The van der Waals surface area contributed by atoms with Gasteiger partial charge in [0, 0.05) is 35.9 Å². The van der Waals surface area contributed by atoms with E-state index in [0.29, 0.717) is 17.1 Å². The molecule has 11 heteroatoms. The van der Waals surface area contributed by atoms with Crippen LogP contribution in [0.15, 0.2) is 36.7 Å². The normalized spacial score (nSPS) is 22.5. The highest BCUT2D eigenvalue weighted by atomic mass is 16.5. The molecule has 1 saturated heterocycles. The van der Waals surface area contributed by atoms with Crippen molar-refractivity contribution in [1.29, 1.82) is 0 Å². The molecule has 1 spiro atoms. The van der Waals surface area contributed by atoms with Crippen molar-refractivity contribution in [2.24, 2.45) is 11.7 Å². The summed E-state index contributed by atoms with van der Waals surface area (Å²) in [6.07, 6.45) is 11.1. The van der Waals surface area contributed by atoms with Crippen LogP contribution < -0.4 is 21.1 Å². The lowest BCUT2D eigenvalue weighted by atomic mass is 9.70. The second-order valence-corrected chi connectivity index (χ2v) is 10.3. The van der Waals surface area contributed by atoms with Crippen LogP contribution in [0.4, 0.5) is 17.2 Å². The molecule has 4 N–H and O–H groups in total. The predicted molar refractivity (Wildman–Crippen MR) is 140 cm³/mol. The molecule has 38 heavy (non-hydrogen) atoms. The van der Waals surface area contributed by atoms with Crippen molar-refractivity contribution in [3.05, 3.63) is 42.4 Å². The van der Waals surface area contributed by atoms with E-state index in [-0.39, 0.29) is 35.0 Å². The summed E-state index contributed by atoms with van der Waals surface area (Å²) < 4.78 is 14.1. The summed E-state index contributed by atoms with van der Waals surface area (Å²) in [7, 11) is 1.59. The number of carbonyl (C=O) groups is 2. The number of benzene rings is 1. The van der Waals surface area contributed by atoms with Crippen molar-refractivity contribution in [1.82, 2.24) is 20.0 Å². The molecule has 1 aliphatic heterocycles. The number of aromatic nitrogens is 4. The largest absolute Gasteiger partial charge is 0.494 e. The number of nitrogens with one attached hydrogen (secondary N) is 2. The first kappa shape index (κ1) is 24.4. The first-order valence-corrected chi connectivity index (χ1v) is 13.1. The molecule has 3 aliphatic rings. The van der Waals surface area contributed by atoms with Crippen molar-refractivity contribution in [3.8, 4) is 16.9 Å². The first-order valence-electron chi connectivity index (χ1n) is 13.1. The fraction of sp³-hybridized carbons (Fsp3) is 0.444. The summed E-state index contributed by atoms with van der Waals surface area (Å²) in [6.45, 7) is 0.815. The van der Waals surface area contributed by atoms with E-state index in [1.54, 1.807) is 13.2 Å². The predicted octanol–water partition coefficient (Wildman–Crippen LogP) is 3.81. The number of nitrogens with zero attached hydrogens (tertiary/aromatic N) is 4. The van der Waals surface area contributed by atoms with Crippen LogP contribution in [0.3, 0.4) is 0 Å². The summed E-state index contributed by atoms with van der Waals surface area (Å²) in [5.41, 5.74) is 8.08. The molecule has 2 aromatic heterocycles. The summed E-state index contributed by atoms with van der Waals surface area (Å²) in [5, 5.41) is 18.6. The van der Waals surface area contributed by atoms with E-state index in [2.05, 4.69) is 20.8 Å². The van der Waals surface area contributed by atoms with Gasteiger partial charge in [0.25, 0.3) is 5.91 Å². The maximum Gasteiger partial charge on any atom is 0.271 e. The Hall–Kier alpha value is -3.99. The average Bonchev–Trinajstić information content (AvgIpc) is 3.67. The number of methoxy groups -OCH3 is 1. The topological polar surface area (TPSA) is 146 Å². The smallest absolute Gasteiger partial charge is 0.271 e. The van der Waals surface area contributed by atoms with Gasteiger partial charge in [0.15, 0.2) is 11.5 Å². The molecule has 0 radical (unpaired) electrons. The van der Waals surface area contributed by atoms with Crippen molar-refractivity contribution >= 4 is 29.0 Å². The summed E-state index contributed by atoms with van der Waals surface area (Å²) in [6, 6.07) is 7.46. The van der Waals surface area contributed by atoms with E-state index in [1.807, 2.05) is 35.3 Å². The second kappa shape index (κ2) is 9.71. The lowest BCUT2D eigenvalue weighted by molar-refractivity contribution is -0.165. The van der Waals surface area contributed by atoms with E-state index in [0.717, 1.165) is 56.3 Å². The SMILES string of the molecule is COc1c(Nc2cc(NC(=O)C3CC3)nnc2C(N)=O)cccc1-c1cnn(C2CC[C@]23CCCCO3)c1. The van der Waals surface area contributed by atoms with Gasteiger partial charge in [-0.25, -0.2) is 0 Å². The molecular formula is C27H31N7O4. The Morgan fingerprint density at radius 1 is 1.16 bits per heavy atom. The Kier molecular flexibility index (Phi) is 6.22. The number of nitrogens with two attached hydrogens (primary N) is 1. The molecule has 6 rings (SSSR count). The Morgan fingerprint density at radius 3 is 2.71 bits per heavy atom. The van der Waals surface area contributed by atoms with Gasteiger partial charge < -0.3 is 25.8 Å². The molecule has 1 unspecified atom stereocenters. The highest BCUT2D eigenvalue weighted by molar-refractivity contribution is 5.99. The van der Waals surface area contributed by atoms with E-state index in [4.69, 9.17) is 20.3 Å². The zero-order valence-corrected chi connectivity index (χ0v) is 21.3. The zero-order valence-electron chi connectivity index (χ0n) is 21.3. The summed E-state index contributed by atoms with van der Waals surface area (Å²) >= 11 is 0. The maximum absolute atomic E-state index is 12.2. The summed E-state index contributed by atoms with van der Waals surface area (Å²) in [5.74, 6) is -0.0391. The molecule has 11 nitrogen and oxygen atoms in total. The van der Waals surface area contributed by atoms with E-state index >= 15 is 0 Å². The van der Waals surface area contributed by atoms with Crippen molar-refractivity contribution < 1.29 is 19.1 Å². The molecular weight excluding hydrogens is 486 g/mol. The van der Waals surface area contributed by atoms with Gasteiger partial charge in [-0.05, 0) is 51.0 Å². The number of rotatable bonds is 8. The van der Waals surface area contributed by atoms with Crippen LogP contribution in [-0.4, -0.2) is 51.1 Å². The van der Waals surface area contributed by atoms with Gasteiger partial charge in [-0.2, -0.15) is 5.10 Å². The molecule has 1 aromatic carbocycles. The molecule has 2 aliphatic carbocycles. The van der Waals surface area contributed by atoms with Gasteiger partial charge in [-0.3, -0.25) is 14.3 Å². The lowest BCUT2D eigenvalue weighted by Gasteiger charge is -2.51. The third-order valence-corrected chi connectivity index (χ3v) is 7.78. The van der Waals surface area contributed by atoms with Crippen LogP contribution in [0.25, 0.3) is 11.1 Å². The number of ether oxygens (including phenoxy) is 2. The minimum atomic E-state index is -0.740.